The average molecular weight is 1990 g/mol. The molecule has 32 nitrogen and oxygen atoms in total. The van der Waals surface area contributed by atoms with Gasteiger partial charge in [-0.25, -0.2) is 4.68 Å². The van der Waals surface area contributed by atoms with Crippen molar-refractivity contribution in [2.75, 3.05) is 7.11 Å². The second-order valence-electron chi connectivity index (χ2n) is 44.8. The van der Waals surface area contributed by atoms with E-state index in [4.69, 9.17) is 28.4 Å². The van der Waals surface area contributed by atoms with Crippen molar-refractivity contribution in [3.63, 3.8) is 0 Å². The van der Waals surface area contributed by atoms with Crippen LogP contribution in [0.3, 0.4) is 0 Å². The molecule has 0 amide bonds. The highest BCUT2D eigenvalue weighted by Gasteiger charge is 2.44. The number of nitrogens with one attached hydrogen (secondary N) is 8. The smallest absolute Gasteiger partial charge is 0.233 e. The molecule has 0 spiro atoms. The van der Waals surface area contributed by atoms with E-state index < -0.39 is 0 Å². The zero-order valence-corrected chi connectivity index (χ0v) is 89.0. The number of ether oxygens (including phenoxy) is 6. The molecule has 18 heterocycles. The Morgan fingerprint density at radius 3 is 1.09 bits per heavy atom. The Bertz CT molecular complexity index is 6450. The van der Waals surface area contributed by atoms with Gasteiger partial charge in [0.25, 0.3) is 0 Å². The fraction of sp³-hybridized carbons (Fsp3) is 0.454. The lowest BCUT2D eigenvalue weighted by atomic mass is 9.81. The maximum Gasteiger partial charge on any atom is 0.233 e. The molecule has 5 saturated heterocycles. The molecule has 35 heteroatoms. The van der Waals surface area contributed by atoms with Gasteiger partial charge < -0.3 is 60.1 Å². The van der Waals surface area contributed by atoms with Crippen molar-refractivity contribution in [2.45, 2.75) is 302 Å². The van der Waals surface area contributed by atoms with Crippen LogP contribution in [0.5, 0.6) is 40.9 Å². The number of aryl methyl sites for hydroxylation is 3. The van der Waals surface area contributed by atoms with Crippen molar-refractivity contribution in [2.24, 2.45) is 7.05 Å². The number of aromatic amines is 3. The predicted molar refractivity (Wildman–Crippen MR) is 565 cm³/mol. The minimum absolute atomic E-state index is 0.000975. The van der Waals surface area contributed by atoms with E-state index in [2.05, 4.69) is 293 Å². The molecule has 5 fully saturated rings. The molecule has 15 aromatic rings. The topological polar surface area (TPSA) is 386 Å². The lowest BCUT2D eigenvalue weighted by molar-refractivity contribution is 0.0518. The first-order valence-corrected chi connectivity index (χ1v) is 51.4. The van der Waals surface area contributed by atoms with Crippen LogP contribution in [0.25, 0.3) is 103 Å². The molecule has 0 radical (unpaired) electrons. The predicted octanol–water partition coefficient (Wildman–Crippen LogP) is 21.4. The van der Waals surface area contributed by atoms with E-state index in [1.54, 1.807) is 58.1 Å². The molecule has 13 aromatic heterocycles. The monoisotopic (exact) mass is 1990 g/mol. The summed E-state index contributed by atoms with van der Waals surface area (Å²) >= 11 is 5.01. The van der Waals surface area contributed by atoms with Gasteiger partial charge in [0.2, 0.25) is 29.4 Å². The molecule has 754 valence electrons. The molecule has 20 rings (SSSR count). The van der Waals surface area contributed by atoms with Crippen molar-refractivity contribution in [1.82, 2.24) is 128 Å². The largest absolute Gasteiger partial charge is 0.507 e. The molecule has 9 N–H and O–H groups in total. The summed E-state index contributed by atoms with van der Waals surface area (Å²) in [6.07, 6.45) is 24.8. The maximum absolute atomic E-state index is 10.6. The number of thiophene rings is 3. The van der Waals surface area contributed by atoms with E-state index in [1.807, 2.05) is 166 Å². The van der Waals surface area contributed by atoms with Crippen LogP contribution < -0.4 is 55.0 Å². The van der Waals surface area contributed by atoms with Gasteiger partial charge in [0, 0.05) is 243 Å². The molecule has 0 atom stereocenters. The highest BCUT2D eigenvalue weighted by Crippen LogP contribution is 2.43. The first-order valence-electron chi connectivity index (χ1n) is 48.9. The lowest BCUT2D eigenvalue weighted by Gasteiger charge is -2.46. The number of piperidine rings is 5. The number of H-pyrrole nitrogens is 3. The molecule has 0 aliphatic carbocycles. The van der Waals surface area contributed by atoms with Gasteiger partial charge in [-0.15, -0.1) is 85.0 Å². The summed E-state index contributed by atoms with van der Waals surface area (Å²) in [6, 6.07) is 42.9. The van der Waals surface area contributed by atoms with Gasteiger partial charge in [-0.05, 0) is 260 Å². The number of hydrogen-bond donors (Lipinski definition) is 9. The lowest BCUT2D eigenvalue weighted by Crippen LogP contribution is -2.60. The summed E-state index contributed by atoms with van der Waals surface area (Å²) in [4.78, 5) is 5.57. The summed E-state index contributed by atoms with van der Waals surface area (Å²) in [5.41, 5.74) is 14.8. The standard InChI is InChI=1S/C24H31N5O2.C23H29N5O2.C21H27N5OS.2C20H25N5OS/c1-14-22(15(2)26-25-14)16-7-8-18(20(30)11-16)19-9-10-21(28-27-19)31-17-12-23(3,4)29-24(5,6)13-17;1-22(2)14-17(15-23(3,4)27-22)30-21-10-9-19(25-26-21)18-8-7-16(13-20(18)29-5)28-12-6-11-24-28;1-20(2)10-15(11-21(3,4)25-20)27-19-9-6-16(23-24-19)18-8-7-17(28-18)14-12-22-26(5)13-14;1-19(2)9-14(10-20(3,4)25-19)26-18-8-5-15(23-24-18)17-7-6-16(27-17)13-11-21-22-12-13;1-19(2)8-15(9-20(3,4)25-19)26-18-6-5-16(23-24-18)17-7-13(12-27-17)14-10-21-22-11-14/h7-11,17,29-30H,12-13H2,1-6H3,(H,25,26);6-13,17,27H,14-15H2,1-5H3;6-9,12-13,15,25H,10-11H2,1-5H3;5-8,11-12,14,25H,9-10H2,1-4H3,(H,21,22);5-7,10-12,15,25H,8-9H2,1-4H3,(H,21,22). The Labute approximate surface area is 850 Å². The van der Waals surface area contributed by atoms with Gasteiger partial charge in [0.05, 0.1) is 63.1 Å². The average Bonchev–Trinajstić information content (AvgIpc) is 1.05. The Morgan fingerprint density at radius 2 is 0.748 bits per heavy atom. The fourth-order valence-electron chi connectivity index (χ4n) is 21.6. The van der Waals surface area contributed by atoms with Crippen molar-refractivity contribution < 1.29 is 33.5 Å². The zero-order chi connectivity index (χ0) is 102. The van der Waals surface area contributed by atoms with Gasteiger partial charge >= 0.3 is 0 Å². The molecule has 0 bridgehead atoms. The third-order valence-corrected chi connectivity index (χ3v) is 28.8. The number of nitrogens with zero attached hydrogens (tertiary/aromatic N) is 17. The number of hydrogen-bond acceptors (Lipinski definition) is 30. The maximum atomic E-state index is 10.6. The van der Waals surface area contributed by atoms with Gasteiger partial charge in [0.15, 0.2) is 0 Å². The highest BCUT2D eigenvalue weighted by molar-refractivity contribution is 7.19. The van der Waals surface area contributed by atoms with Crippen LogP contribution in [-0.4, -0.2) is 199 Å². The van der Waals surface area contributed by atoms with Crippen molar-refractivity contribution in [3.8, 4) is 144 Å². The van der Waals surface area contributed by atoms with Crippen LogP contribution in [0.2, 0.25) is 0 Å². The first-order chi connectivity index (χ1) is 67.6. The van der Waals surface area contributed by atoms with Gasteiger partial charge in [0.1, 0.15) is 59.1 Å². The third-order valence-electron chi connectivity index (χ3n) is 25.5. The number of aromatic nitrogens is 20. The van der Waals surface area contributed by atoms with Crippen LogP contribution >= 0.6 is 34.0 Å². The van der Waals surface area contributed by atoms with E-state index in [1.165, 1.54) is 4.88 Å². The van der Waals surface area contributed by atoms with Crippen molar-refractivity contribution in [3.05, 3.63) is 200 Å². The van der Waals surface area contributed by atoms with Crippen LogP contribution in [-0.2, 0) is 7.05 Å². The molecular weight excluding hydrogens is 1860 g/mol. The van der Waals surface area contributed by atoms with Gasteiger partial charge in [-0.2, -0.15) is 25.5 Å². The summed E-state index contributed by atoms with van der Waals surface area (Å²) in [6.45, 7) is 48.1. The third kappa shape index (κ3) is 27.7. The van der Waals surface area contributed by atoms with Gasteiger partial charge in [-0.3, -0.25) is 20.0 Å². The molecule has 0 unspecified atom stereocenters. The second kappa shape index (κ2) is 42.0. The summed E-state index contributed by atoms with van der Waals surface area (Å²) in [7, 11) is 3.57. The Hall–Kier alpha value is -12.6. The Morgan fingerprint density at radius 1 is 0.371 bits per heavy atom. The Balaban J connectivity index is 0.000000128. The van der Waals surface area contributed by atoms with Crippen molar-refractivity contribution in [1.29, 1.82) is 0 Å². The Kier molecular flexibility index (Phi) is 30.3. The minimum Gasteiger partial charge on any atom is -0.507 e. The summed E-state index contributed by atoms with van der Waals surface area (Å²) in [5, 5.41) is 104. The summed E-state index contributed by atoms with van der Waals surface area (Å²) < 4.78 is 40.0. The number of methoxy groups -OCH3 is 1. The van der Waals surface area contributed by atoms with Crippen LogP contribution in [0.4, 0.5) is 0 Å². The highest BCUT2D eigenvalue weighted by atomic mass is 32.1. The van der Waals surface area contributed by atoms with Crippen LogP contribution in [0.15, 0.2) is 188 Å². The SMILES string of the molecule is CC1(C)CC(Oc2ccc(-c3cc(-c4cn[nH]c4)cs3)nn2)CC(C)(C)N1.CC1(C)CC(Oc2ccc(-c3ccc(-c4cn[nH]c4)s3)nn2)CC(C)(C)N1.COc1cc(-n2cccn2)ccc1-c1ccc(OC2CC(C)(C)NC(C)(C)C2)nn1.Cc1n[nH]c(C)c1-c1ccc(-c2ccc(OC3CC(C)(C)NC(C)(C)C3)nn2)c(O)c1.Cn1cc(-c2ccc(-c3ccc(OC4CC(C)(C)NC(C)(C)C4)nn3)s2)cn1. The molecule has 5 aliphatic rings. The molecule has 2 aromatic carbocycles. The van der Waals surface area contributed by atoms with Crippen LogP contribution in [0.1, 0.15) is 214 Å². The van der Waals surface area contributed by atoms with E-state index in [0.717, 1.165) is 163 Å². The van der Waals surface area contributed by atoms with E-state index in [-0.39, 0.29) is 91.7 Å². The fourth-order valence-corrected chi connectivity index (χ4v) is 24.4. The number of phenols is 1. The molecular formula is C108H137N25O7S3. The number of benzene rings is 2. The van der Waals surface area contributed by atoms with E-state index in [0.29, 0.717) is 46.4 Å². The zero-order valence-electron chi connectivity index (χ0n) is 86.6. The number of phenolic OH excluding ortho intramolecular Hbond substituents is 1. The first kappa shape index (κ1) is 103. The molecule has 5 aliphatic heterocycles. The van der Waals surface area contributed by atoms with E-state index in [9.17, 15) is 5.11 Å². The van der Waals surface area contributed by atoms with Gasteiger partial charge in [-0.1, -0.05) is 6.07 Å². The summed E-state index contributed by atoms with van der Waals surface area (Å²) in [5.74, 6) is 3.68. The molecule has 143 heavy (non-hydrogen) atoms. The number of rotatable bonds is 21. The van der Waals surface area contributed by atoms with Crippen LogP contribution in [0, 0.1) is 13.8 Å². The second-order valence-corrected chi connectivity index (χ2v) is 47.8. The number of aromatic hydroxyl groups is 1. The van der Waals surface area contributed by atoms with Crippen molar-refractivity contribution >= 4 is 34.0 Å². The minimum atomic E-state index is -0.000975. The quantitative estimate of drug-likeness (QED) is 0.0323. The normalized spacial score (nSPS) is 18.7. The van der Waals surface area contributed by atoms with E-state index >= 15 is 0 Å². The molecule has 0 saturated carbocycles.